The summed E-state index contributed by atoms with van der Waals surface area (Å²) in [5.74, 6) is 0. The lowest BCUT2D eigenvalue weighted by Gasteiger charge is -2.05. The molecule has 0 saturated carbocycles. The molecule has 0 aromatic heterocycles. The van der Waals surface area contributed by atoms with Gasteiger partial charge in [-0.2, -0.15) is 0 Å². The first-order chi connectivity index (χ1) is 8.56. The lowest BCUT2D eigenvalue weighted by Crippen LogP contribution is -1.92. The van der Waals surface area contributed by atoms with E-state index in [1.54, 1.807) is 0 Å². The lowest BCUT2D eigenvalue weighted by molar-refractivity contribution is 0.193. The van der Waals surface area contributed by atoms with Crippen LogP contribution in [0.5, 0.6) is 0 Å². The van der Waals surface area contributed by atoms with E-state index in [9.17, 15) is 4.57 Å². The molecule has 9 N–H and O–H groups in total. The summed E-state index contributed by atoms with van der Waals surface area (Å²) < 4.78 is 14.7. The standard InChI is InChI=1S/C12H27O5P.2H3N/c13-11-9-7-5-3-1-2-4-6-8-10-12-17-18(14,15)16;;/h13H,1-12H2,(H2,14,15,16);2*1H3. The molecule has 0 spiro atoms. The SMILES string of the molecule is N.N.O=P(O)(O)OCCCCCCCCCCCCO. The summed E-state index contributed by atoms with van der Waals surface area (Å²) in [7, 11) is -4.26. The van der Waals surface area contributed by atoms with E-state index in [-0.39, 0.29) is 18.9 Å². The highest BCUT2D eigenvalue weighted by Gasteiger charge is 2.12. The van der Waals surface area contributed by atoms with Crippen LogP contribution in [-0.2, 0) is 9.09 Å². The number of unbranched alkanes of at least 4 members (excludes halogenated alkanes) is 9. The molecular formula is C12H33N2O5P. The third-order valence-electron chi connectivity index (χ3n) is 2.81. The van der Waals surface area contributed by atoms with Gasteiger partial charge in [0.2, 0.25) is 0 Å². The molecule has 20 heavy (non-hydrogen) atoms. The van der Waals surface area contributed by atoms with E-state index in [1.807, 2.05) is 0 Å². The molecule has 8 heteroatoms. The molecular weight excluding hydrogens is 283 g/mol. The zero-order valence-corrected chi connectivity index (χ0v) is 13.4. The van der Waals surface area contributed by atoms with E-state index < -0.39 is 7.82 Å². The Bertz CT molecular complexity index is 226. The average Bonchev–Trinajstić information content (AvgIpc) is 2.29. The van der Waals surface area contributed by atoms with Gasteiger partial charge in [-0.05, 0) is 12.8 Å². The summed E-state index contributed by atoms with van der Waals surface area (Å²) in [6.45, 7) is 0.447. The van der Waals surface area contributed by atoms with Gasteiger partial charge < -0.3 is 27.2 Å². The number of aliphatic hydroxyl groups is 1. The van der Waals surface area contributed by atoms with Gasteiger partial charge in [-0.15, -0.1) is 0 Å². The molecule has 0 unspecified atom stereocenters. The van der Waals surface area contributed by atoms with E-state index in [0.717, 1.165) is 25.7 Å². The van der Waals surface area contributed by atoms with Crippen LogP contribution in [0, 0.1) is 0 Å². The molecule has 0 bridgehead atoms. The Balaban J connectivity index is -0.00000144. The molecule has 0 aliphatic rings. The molecule has 0 aliphatic carbocycles. The second-order valence-corrected chi connectivity index (χ2v) is 5.82. The average molecular weight is 316 g/mol. The van der Waals surface area contributed by atoms with Gasteiger partial charge in [-0.3, -0.25) is 4.52 Å². The minimum Gasteiger partial charge on any atom is -0.396 e. The Labute approximate surface area is 122 Å². The predicted molar refractivity (Wildman–Crippen MR) is 81.3 cm³/mol. The maximum atomic E-state index is 10.4. The quantitative estimate of drug-likeness (QED) is 0.257. The van der Waals surface area contributed by atoms with Crippen LogP contribution in [0.15, 0.2) is 0 Å². The minimum atomic E-state index is -4.26. The number of phosphoric ester groups is 1. The van der Waals surface area contributed by atoms with Gasteiger partial charge in [0.05, 0.1) is 6.61 Å². The maximum absolute atomic E-state index is 10.4. The van der Waals surface area contributed by atoms with E-state index in [0.29, 0.717) is 13.0 Å². The van der Waals surface area contributed by atoms with Gasteiger partial charge in [-0.1, -0.05) is 51.4 Å². The Morgan fingerprint density at radius 1 is 0.700 bits per heavy atom. The first kappa shape index (κ1) is 25.0. The van der Waals surface area contributed by atoms with Gasteiger partial charge in [0.25, 0.3) is 0 Å². The van der Waals surface area contributed by atoms with Crippen molar-refractivity contribution in [2.24, 2.45) is 0 Å². The fourth-order valence-corrected chi connectivity index (χ4v) is 2.18. The summed E-state index contributed by atoms with van der Waals surface area (Å²) in [6.07, 6.45) is 10.9. The van der Waals surface area contributed by atoms with Gasteiger partial charge in [0, 0.05) is 6.61 Å². The first-order valence-electron chi connectivity index (χ1n) is 6.87. The summed E-state index contributed by atoms with van der Waals surface area (Å²) in [6, 6.07) is 0. The summed E-state index contributed by atoms with van der Waals surface area (Å²) >= 11 is 0. The highest BCUT2D eigenvalue weighted by Crippen LogP contribution is 2.35. The van der Waals surface area contributed by atoms with Crippen molar-refractivity contribution < 1.29 is 24.0 Å². The van der Waals surface area contributed by atoms with Crippen molar-refractivity contribution in [1.82, 2.24) is 12.3 Å². The van der Waals surface area contributed by atoms with Gasteiger partial charge >= 0.3 is 7.82 Å². The van der Waals surface area contributed by atoms with E-state index >= 15 is 0 Å². The molecule has 0 atom stereocenters. The molecule has 0 radical (unpaired) electrons. The topological polar surface area (TPSA) is 157 Å². The van der Waals surface area contributed by atoms with Gasteiger partial charge in [-0.25, -0.2) is 4.57 Å². The molecule has 0 rings (SSSR count). The first-order valence-corrected chi connectivity index (χ1v) is 8.40. The Morgan fingerprint density at radius 3 is 1.40 bits per heavy atom. The molecule has 0 heterocycles. The lowest BCUT2D eigenvalue weighted by atomic mass is 10.1. The van der Waals surface area contributed by atoms with Crippen LogP contribution in [-0.4, -0.2) is 28.1 Å². The number of rotatable bonds is 13. The number of phosphoric acid groups is 1. The fraction of sp³-hybridized carbons (Fsp3) is 1.00. The zero-order valence-electron chi connectivity index (χ0n) is 12.5. The van der Waals surface area contributed by atoms with Crippen LogP contribution in [0.25, 0.3) is 0 Å². The number of hydrogen-bond donors (Lipinski definition) is 5. The molecule has 0 fully saturated rings. The van der Waals surface area contributed by atoms with Crippen molar-refractivity contribution in [3.05, 3.63) is 0 Å². The third-order valence-corrected chi connectivity index (χ3v) is 3.33. The van der Waals surface area contributed by atoms with Crippen molar-refractivity contribution in [3.8, 4) is 0 Å². The monoisotopic (exact) mass is 316 g/mol. The van der Waals surface area contributed by atoms with E-state index in [2.05, 4.69) is 4.52 Å². The van der Waals surface area contributed by atoms with Crippen LogP contribution in [0.3, 0.4) is 0 Å². The van der Waals surface area contributed by atoms with Gasteiger partial charge in [0.15, 0.2) is 0 Å². The van der Waals surface area contributed by atoms with E-state index in [1.165, 1.54) is 32.1 Å². The minimum absolute atomic E-state index is 0. The smallest absolute Gasteiger partial charge is 0.396 e. The molecule has 126 valence electrons. The maximum Gasteiger partial charge on any atom is 0.469 e. The number of hydrogen-bond acceptors (Lipinski definition) is 5. The summed E-state index contributed by atoms with van der Waals surface area (Å²) in [5, 5.41) is 8.60. The normalized spacial score (nSPS) is 10.8. The van der Waals surface area contributed by atoms with Crippen molar-refractivity contribution in [1.29, 1.82) is 0 Å². The van der Waals surface area contributed by atoms with Crippen LogP contribution in [0.2, 0.25) is 0 Å². The molecule has 0 aliphatic heterocycles. The molecule has 0 saturated heterocycles. The van der Waals surface area contributed by atoms with Crippen molar-refractivity contribution >= 4 is 7.82 Å². The summed E-state index contributed by atoms with van der Waals surface area (Å²) in [5.41, 5.74) is 0. The largest absolute Gasteiger partial charge is 0.469 e. The zero-order chi connectivity index (χ0) is 13.7. The predicted octanol–water partition coefficient (Wildman–Crippen LogP) is 3.31. The Morgan fingerprint density at radius 2 is 1.05 bits per heavy atom. The second-order valence-electron chi connectivity index (χ2n) is 4.58. The van der Waals surface area contributed by atoms with E-state index in [4.69, 9.17) is 14.9 Å². The molecule has 7 nitrogen and oxygen atoms in total. The van der Waals surface area contributed by atoms with Crippen LogP contribution in [0.1, 0.15) is 64.2 Å². The Hall–Kier alpha value is -0.0100. The van der Waals surface area contributed by atoms with Gasteiger partial charge in [0.1, 0.15) is 0 Å². The molecule has 0 amide bonds. The highest BCUT2D eigenvalue weighted by atomic mass is 31.2. The fourth-order valence-electron chi connectivity index (χ4n) is 1.81. The van der Waals surface area contributed by atoms with Crippen LogP contribution >= 0.6 is 7.82 Å². The highest BCUT2D eigenvalue weighted by molar-refractivity contribution is 7.46. The molecule has 0 aromatic carbocycles. The van der Waals surface area contributed by atoms with Crippen molar-refractivity contribution in [3.63, 3.8) is 0 Å². The Kier molecular flexibility index (Phi) is 21.3. The number of aliphatic hydroxyl groups excluding tert-OH is 1. The molecule has 0 aromatic rings. The van der Waals surface area contributed by atoms with Crippen LogP contribution in [0.4, 0.5) is 0 Å². The summed E-state index contributed by atoms with van der Waals surface area (Å²) in [4.78, 5) is 16.9. The third kappa shape index (κ3) is 23.1. The van der Waals surface area contributed by atoms with Crippen molar-refractivity contribution in [2.75, 3.05) is 13.2 Å². The second kappa shape index (κ2) is 17.0. The van der Waals surface area contributed by atoms with Crippen LogP contribution < -0.4 is 12.3 Å². The van der Waals surface area contributed by atoms with Crippen molar-refractivity contribution in [2.45, 2.75) is 64.2 Å².